The van der Waals surface area contributed by atoms with Crippen LogP contribution in [0.1, 0.15) is 71.8 Å². The van der Waals surface area contributed by atoms with Crippen molar-refractivity contribution in [1.29, 1.82) is 0 Å². The molecular weight excluding hydrogens is 1290 g/mol. The summed E-state index contributed by atoms with van der Waals surface area (Å²) in [4.78, 5) is 0. The first-order chi connectivity index (χ1) is 37.1. The van der Waals surface area contributed by atoms with Crippen LogP contribution in [0.4, 0.5) is 0 Å². The van der Waals surface area contributed by atoms with Crippen molar-refractivity contribution in [3.8, 4) is 0 Å². The lowest BCUT2D eigenvalue weighted by molar-refractivity contribution is -0.777. The summed E-state index contributed by atoms with van der Waals surface area (Å²) in [6.07, 6.45) is -10.6. The number of ether oxygens (including phenoxy) is 5. The summed E-state index contributed by atoms with van der Waals surface area (Å²) in [5.41, 5.74) is 0.730. The van der Waals surface area contributed by atoms with E-state index in [9.17, 15) is 112 Å². The normalized spacial score (nSPS) is 30.7. The van der Waals surface area contributed by atoms with Crippen molar-refractivity contribution in [2.24, 2.45) is 11.8 Å². The van der Waals surface area contributed by atoms with Crippen LogP contribution in [-0.2, 0) is 124 Å². The Hall–Kier alpha value is -1.27. The van der Waals surface area contributed by atoms with Crippen LogP contribution in [0.5, 0.6) is 0 Å². The van der Waals surface area contributed by atoms with Gasteiger partial charge in [-0.25, -0.2) is 58.9 Å². The zero-order valence-electron chi connectivity index (χ0n) is 42.6. The highest BCUT2D eigenvalue weighted by Crippen LogP contribution is 2.42. The minimum Gasteiger partial charge on any atom is -0.748 e. The first kappa shape index (κ1) is 75.8. The van der Waals surface area contributed by atoms with Crippen LogP contribution in [0.15, 0.2) is 30.3 Å². The predicted octanol–water partition coefficient (Wildman–Crippen LogP) is -4.51. The molecule has 0 aromatic heterocycles. The molecule has 478 valence electrons. The van der Waals surface area contributed by atoms with Gasteiger partial charge in [-0.05, 0) is 43.1 Å². The molecule has 4 rings (SSSR count). The van der Waals surface area contributed by atoms with E-state index in [4.69, 9.17) is 23.7 Å². The fourth-order valence-electron chi connectivity index (χ4n) is 8.87. The van der Waals surface area contributed by atoms with E-state index < -0.39 is 181 Å². The van der Waals surface area contributed by atoms with E-state index in [-0.39, 0.29) is 50.0 Å². The van der Waals surface area contributed by atoms with Crippen molar-refractivity contribution < 1.29 is 158 Å². The van der Waals surface area contributed by atoms with Gasteiger partial charge in [-0.3, -0.25) is 14.3 Å². The topological polar surface area (TPSA) is 579 Å². The highest BCUT2D eigenvalue weighted by molar-refractivity contribution is 7.98. The summed E-state index contributed by atoms with van der Waals surface area (Å²) in [5, 5.41) is 29.7. The smallest absolute Gasteiger partial charge is 0.217 e. The van der Waals surface area contributed by atoms with Crippen molar-refractivity contribution in [3.63, 3.8) is 0 Å². The van der Waals surface area contributed by atoms with Crippen LogP contribution < -0.4 is 10.5 Å². The van der Waals surface area contributed by atoms with Gasteiger partial charge in [0.2, 0.25) is 10.4 Å². The van der Waals surface area contributed by atoms with Gasteiger partial charge in [0.25, 0.3) is 0 Å². The predicted molar refractivity (Wildman–Crippen MR) is 258 cm³/mol. The highest BCUT2D eigenvalue weighted by atomic mass is 32.3. The number of hydrogen-bond acceptors (Lipinski definition) is 37. The summed E-state index contributed by atoms with van der Waals surface area (Å²) in [5.74, 6) is -2.69. The molecule has 3 fully saturated rings. The van der Waals surface area contributed by atoms with Gasteiger partial charge in [-0.15, -0.1) is 0 Å². The first-order valence-corrected chi connectivity index (χ1v) is 35.0. The molecule has 0 spiro atoms. The van der Waals surface area contributed by atoms with E-state index in [1.54, 1.807) is 37.3 Å². The van der Waals surface area contributed by atoms with E-state index >= 15 is 0 Å². The van der Waals surface area contributed by atoms with E-state index in [1.165, 1.54) is 13.8 Å². The standard InChI is InChI=1S/C15H22O8S2.C14H26O22S6.C8H18O5S/c1-10-12(9-24(17,18)19)7-13(16)14(15(10)25(20,21)22)23-8-11-5-3-2-4-6-11;1-3-5-7(37-35-33-15)9(39(17,18)19)12(42(26,27)28)14(31-5)30-4-6-8(38-36-34-16)10(40(20,21)22)11(41(23,24)25)13(29-2)32-6;1-3-5-7(9)6-8(4-2)13-14(10,11)12/h2-6,10,12-16H,7-9H2,1H3,(H,17,18,19)(H,20,21,22);5-16H,3-4H2,1-2H3,(H,17,18,19)(H,20,21,22)(H,23,24,25)(H,26,27,28);7-9H,3-6H2,1-2H3,(H,10,11,12)/p-9. The van der Waals surface area contributed by atoms with Crippen molar-refractivity contribution in [3.05, 3.63) is 35.9 Å². The van der Waals surface area contributed by atoms with E-state index in [1.807, 2.05) is 6.92 Å². The molecule has 1 aliphatic carbocycles. The Bertz CT molecular complexity index is 2880. The maximum atomic E-state index is 12.1. The molecule has 1 aromatic carbocycles. The molecule has 81 heavy (non-hydrogen) atoms. The lowest BCUT2D eigenvalue weighted by Crippen LogP contribution is -2.64. The largest absolute Gasteiger partial charge is 0.748 e. The molecule has 0 amide bonds. The molecule has 3 aliphatic rings. The number of rotatable bonds is 28. The molecule has 35 nitrogen and oxygen atoms in total. The third-order valence-electron chi connectivity index (χ3n) is 12.3. The van der Waals surface area contributed by atoms with Crippen LogP contribution in [0, 0.1) is 11.8 Å². The minimum atomic E-state index is -5.85. The monoisotopic (exact) mass is 1350 g/mol. The number of aliphatic hydroxyl groups excluding tert-OH is 2. The van der Waals surface area contributed by atoms with Crippen molar-refractivity contribution in [1.82, 2.24) is 0 Å². The second-order valence-electron chi connectivity index (χ2n) is 17.9. The van der Waals surface area contributed by atoms with Gasteiger partial charge in [-0.1, -0.05) is 64.4 Å². The summed E-state index contributed by atoms with van der Waals surface area (Å²) < 4.78 is 282. The van der Waals surface area contributed by atoms with Gasteiger partial charge >= 0.3 is 0 Å². The molecule has 44 heteroatoms. The van der Waals surface area contributed by atoms with Crippen LogP contribution in [-0.4, -0.2) is 206 Å². The Morgan fingerprint density at radius 2 is 1.14 bits per heavy atom. The molecule has 17 atom stereocenters. The van der Waals surface area contributed by atoms with Crippen molar-refractivity contribution in [2.75, 3.05) is 19.5 Å². The summed E-state index contributed by atoms with van der Waals surface area (Å²) in [6.45, 7) is 5.12. The molecule has 0 radical (unpaired) electrons. The van der Waals surface area contributed by atoms with E-state index in [0.717, 1.165) is 19.1 Å². The Morgan fingerprint density at radius 1 is 0.667 bits per heavy atom. The minimum absolute atomic E-state index is 0.00811. The van der Waals surface area contributed by atoms with Gasteiger partial charge in [0.1, 0.15) is 61.1 Å². The van der Waals surface area contributed by atoms with Gasteiger partial charge in [0.05, 0.1) is 86.2 Å². The number of benzene rings is 1. The average Bonchev–Trinajstić information content (AvgIpc) is 3.32. The molecule has 2 heterocycles. The molecule has 1 aromatic rings. The van der Waals surface area contributed by atoms with E-state index in [2.05, 4.69) is 22.9 Å². The van der Waals surface area contributed by atoms with Gasteiger partial charge in [0.15, 0.2) is 12.6 Å². The second kappa shape index (κ2) is 32.6. The lowest BCUT2D eigenvalue weighted by atomic mass is 9.78. The number of aliphatic hydroxyl groups is 2. The Morgan fingerprint density at radius 3 is 1.54 bits per heavy atom. The third kappa shape index (κ3) is 24.4. The van der Waals surface area contributed by atoms with Crippen LogP contribution >= 0.6 is 24.1 Å². The van der Waals surface area contributed by atoms with Crippen LogP contribution in [0.2, 0.25) is 0 Å². The summed E-state index contributed by atoms with van der Waals surface area (Å²) in [6, 6.07) is 8.79. The molecular formula is C37H57O35S9-9. The quantitative estimate of drug-likeness (QED) is 0.0262. The van der Waals surface area contributed by atoms with Gasteiger partial charge in [-0.2, -0.15) is 8.67 Å². The van der Waals surface area contributed by atoms with Gasteiger partial charge in [0, 0.05) is 43.4 Å². The molecule has 1 saturated carbocycles. The number of methoxy groups -OCH3 is 1. The van der Waals surface area contributed by atoms with Crippen LogP contribution in [0.3, 0.4) is 0 Å². The zero-order chi connectivity index (χ0) is 62.3. The molecule has 0 bridgehead atoms. The fourth-order valence-corrected chi connectivity index (χ4v) is 19.9. The Labute approximate surface area is 476 Å². The fraction of sp³-hybridized carbons (Fsp3) is 0.838. The third-order valence-corrected chi connectivity index (χ3v) is 22.5. The maximum Gasteiger partial charge on any atom is 0.217 e. The zero-order valence-corrected chi connectivity index (χ0v) is 50.0. The Balaban J connectivity index is 0.000000481. The average molecular weight is 1350 g/mol. The summed E-state index contributed by atoms with van der Waals surface area (Å²) in [7, 11) is -36.5. The molecule has 2 aliphatic heterocycles. The highest BCUT2D eigenvalue weighted by Gasteiger charge is 2.56. The lowest BCUT2D eigenvalue weighted by Gasteiger charge is -2.48. The molecule has 17 unspecified atom stereocenters. The van der Waals surface area contributed by atoms with Gasteiger partial charge < -0.3 is 76.3 Å². The Kier molecular flexibility index (Phi) is 30.6. The first-order valence-electron chi connectivity index (χ1n) is 23.1. The van der Waals surface area contributed by atoms with Crippen molar-refractivity contribution >= 4 is 95.2 Å². The SMILES string of the molecule is CC1C(CS(=O)(=O)[O-])CC(O)C(OCc2ccccc2)C1S(=O)(=O)[O-].CCC1OC(OCC2OC(OC)C(S(=O)(=O)[O-])C(S(=O)(=O)[O-])C2SOO[O-])C(S(=O)(=O)[O-])C(S(=O)(=O)[O-])C1SOO[O-].CCCC(O)CC(CC)OS(=O)(=O)[O-]. The number of hydrogen-bond donors (Lipinski definition) is 2. The molecule has 2 saturated heterocycles. The maximum absolute atomic E-state index is 12.1. The van der Waals surface area contributed by atoms with Crippen LogP contribution in [0.25, 0.3) is 0 Å². The van der Waals surface area contributed by atoms with E-state index in [0.29, 0.717) is 12.8 Å². The summed E-state index contributed by atoms with van der Waals surface area (Å²) >= 11 is -0.462. The van der Waals surface area contributed by atoms with Crippen molar-refractivity contribution in [2.45, 2.75) is 159 Å². The molecule has 2 N–H and O–H groups in total. The second-order valence-corrected chi connectivity index (χ2v) is 29.7.